The molecule has 0 radical (unpaired) electrons. The fourth-order valence-electron chi connectivity index (χ4n) is 1.53. The zero-order valence-electron chi connectivity index (χ0n) is 13.3. The Morgan fingerprint density at radius 2 is 1.28 bits per heavy atom. The Kier molecular flexibility index (Phi) is 11.9. The highest BCUT2D eigenvalue weighted by Crippen LogP contribution is 2.13. The van der Waals surface area contributed by atoms with Crippen LogP contribution in [0.15, 0.2) is 0 Å². The smallest absolute Gasteiger partial charge is 0.377 e. The van der Waals surface area contributed by atoms with Crippen molar-refractivity contribution >= 4 is 14.5 Å². The molecule has 0 aromatic carbocycles. The van der Waals surface area contributed by atoms with E-state index in [9.17, 15) is 0 Å². The summed E-state index contributed by atoms with van der Waals surface area (Å²) in [7, 11) is 2.68. The van der Waals surface area contributed by atoms with Gasteiger partial charge in [0.1, 0.15) is 0 Å². The van der Waals surface area contributed by atoms with E-state index in [4.69, 9.17) is 18.7 Å². The molecule has 0 aliphatic carbocycles. The highest BCUT2D eigenvalue weighted by Gasteiger charge is 2.36. The third kappa shape index (κ3) is 7.97. The van der Waals surface area contributed by atoms with E-state index in [1.54, 1.807) is 21.3 Å². The lowest BCUT2D eigenvalue weighted by Gasteiger charge is -2.23. The summed E-state index contributed by atoms with van der Waals surface area (Å²) in [6.45, 7) is 10.3. The Bertz CT molecular complexity index is 198. The predicted octanol–water partition coefficient (Wildman–Crippen LogP) is 3.59. The van der Waals surface area contributed by atoms with Crippen LogP contribution < -0.4 is 0 Å². The second-order valence-corrected chi connectivity index (χ2v) is 7.90. The molecule has 18 heavy (non-hydrogen) atoms. The molecule has 110 valence electrons. The molecule has 0 atom stereocenters. The minimum Gasteiger partial charge on any atom is -0.377 e. The molecule has 0 aliphatic heterocycles. The number of nitrogens with one attached hydrogen (secondary N) is 1. The van der Waals surface area contributed by atoms with Crippen LogP contribution in [-0.4, -0.2) is 35.8 Å². The first-order valence-electron chi connectivity index (χ1n) is 6.53. The maximum Gasteiger partial charge on any atom is 0.500 e. The molecular weight excluding hydrogens is 246 g/mol. The molecule has 1 N–H and O–H groups in total. The van der Waals surface area contributed by atoms with Crippen LogP contribution in [0.25, 0.3) is 0 Å². The van der Waals surface area contributed by atoms with Gasteiger partial charge in [0.05, 0.1) is 0 Å². The molecule has 0 aliphatic rings. The molecule has 0 saturated heterocycles. The summed E-state index contributed by atoms with van der Waals surface area (Å²) in [5.41, 5.74) is 0.852. The summed E-state index contributed by atoms with van der Waals surface area (Å²) < 4.78 is 15.5. The molecule has 0 aromatic heterocycles. The van der Waals surface area contributed by atoms with Crippen molar-refractivity contribution in [3.63, 3.8) is 0 Å². The third-order valence-corrected chi connectivity index (χ3v) is 5.71. The van der Waals surface area contributed by atoms with Crippen LogP contribution in [0, 0.1) is 17.2 Å². The van der Waals surface area contributed by atoms with Gasteiger partial charge >= 0.3 is 8.80 Å². The quantitative estimate of drug-likeness (QED) is 0.571. The van der Waals surface area contributed by atoms with Crippen LogP contribution in [0.3, 0.4) is 0 Å². The van der Waals surface area contributed by atoms with Gasteiger partial charge in [-0.1, -0.05) is 41.0 Å². The van der Waals surface area contributed by atoms with Gasteiger partial charge in [0.15, 0.2) is 0 Å². The third-order valence-electron chi connectivity index (χ3n) is 2.73. The summed E-state index contributed by atoms with van der Waals surface area (Å²) in [5.74, 6) is 0.852. The molecule has 0 unspecified atom stereocenters. The fourth-order valence-corrected chi connectivity index (χ4v) is 3.25. The zero-order valence-corrected chi connectivity index (χ0v) is 14.3. The van der Waals surface area contributed by atoms with Gasteiger partial charge in [0.25, 0.3) is 0 Å². The Labute approximate surface area is 114 Å². The van der Waals surface area contributed by atoms with E-state index in [0.717, 1.165) is 18.2 Å². The second-order valence-electron chi connectivity index (χ2n) is 4.81. The summed E-state index contributed by atoms with van der Waals surface area (Å²) >= 11 is 0. The number of hydrogen-bond donors (Lipinski definition) is 1. The molecule has 0 heterocycles. The zero-order chi connectivity index (χ0) is 14.8. The number of rotatable bonds is 7. The van der Waals surface area contributed by atoms with Gasteiger partial charge in [-0.3, -0.25) is 0 Å². The van der Waals surface area contributed by atoms with E-state index in [-0.39, 0.29) is 0 Å². The van der Waals surface area contributed by atoms with Crippen molar-refractivity contribution in [3.05, 3.63) is 0 Å². The molecule has 5 heteroatoms. The highest BCUT2D eigenvalue weighted by molar-refractivity contribution is 6.60. The lowest BCUT2D eigenvalue weighted by molar-refractivity contribution is 0.123. The lowest BCUT2D eigenvalue weighted by atomic mass is 9.98. The van der Waals surface area contributed by atoms with Crippen LogP contribution in [0.5, 0.6) is 0 Å². The predicted molar refractivity (Wildman–Crippen MR) is 79.3 cm³/mol. The normalized spacial score (nSPS) is 11.4. The first-order chi connectivity index (χ1) is 8.30. The van der Waals surface area contributed by atoms with Gasteiger partial charge in [-0.15, -0.1) is 0 Å². The second kappa shape index (κ2) is 10.7. The van der Waals surface area contributed by atoms with E-state index in [0.29, 0.717) is 11.8 Å². The van der Waals surface area contributed by atoms with Crippen LogP contribution in [0.4, 0.5) is 0 Å². The standard InChI is InChI=1S/C7H15N.C6H16O3Si/c1-5(2)7(8)6(3)4;1-5-6-10(7-2,8-3)9-4/h5-6,8H,1-4H3;5-6H2,1-4H3. The molecule has 0 fully saturated rings. The Hall–Kier alpha value is -0.233. The van der Waals surface area contributed by atoms with Gasteiger partial charge in [-0.25, -0.2) is 0 Å². The average Bonchev–Trinajstić information content (AvgIpc) is 2.35. The van der Waals surface area contributed by atoms with Crippen molar-refractivity contribution in [3.8, 4) is 0 Å². The minimum absolute atomic E-state index is 0.426. The Morgan fingerprint density at radius 1 is 0.944 bits per heavy atom. The maximum atomic E-state index is 7.40. The van der Waals surface area contributed by atoms with E-state index < -0.39 is 8.80 Å². The molecule has 0 bridgehead atoms. The van der Waals surface area contributed by atoms with Crippen molar-refractivity contribution in [2.75, 3.05) is 21.3 Å². The lowest BCUT2D eigenvalue weighted by Crippen LogP contribution is -2.42. The van der Waals surface area contributed by atoms with Crippen molar-refractivity contribution in [2.45, 2.75) is 47.1 Å². The van der Waals surface area contributed by atoms with Gasteiger partial charge < -0.3 is 18.7 Å². The fraction of sp³-hybridized carbons (Fsp3) is 0.923. The van der Waals surface area contributed by atoms with Crippen LogP contribution in [-0.2, 0) is 13.3 Å². The van der Waals surface area contributed by atoms with Gasteiger partial charge in [-0.2, -0.15) is 0 Å². The highest BCUT2D eigenvalue weighted by atomic mass is 28.4. The molecule has 0 rings (SSSR count). The molecular formula is C13H31NO3Si. The van der Waals surface area contributed by atoms with E-state index in [1.807, 2.05) is 0 Å². The van der Waals surface area contributed by atoms with Gasteiger partial charge in [-0.05, 0) is 11.8 Å². The monoisotopic (exact) mass is 277 g/mol. The largest absolute Gasteiger partial charge is 0.500 e. The molecule has 0 saturated carbocycles. The molecule has 0 amide bonds. The molecule has 0 aromatic rings. The summed E-state index contributed by atoms with van der Waals surface area (Å²) in [4.78, 5) is 0. The summed E-state index contributed by atoms with van der Waals surface area (Å²) in [6.07, 6.45) is 1.03. The van der Waals surface area contributed by atoms with E-state index in [2.05, 4.69) is 34.6 Å². The van der Waals surface area contributed by atoms with Crippen LogP contribution >= 0.6 is 0 Å². The van der Waals surface area contributed by atoms with Crippen molar-refractivity contribution in [1.82, 2.24) is 0 Å². The van der Waals surface area contributed by atoms with Crippen molar-refractivity contribution in [1.29, 1.82) is 5.41 Å². The maximum absolute atomic E-state index is 7.40. The van der Waals surface area contributed by atoms with Gasteiger partial charge in [0, 0.05) is 33.1 Å². The molecule has 4 nitrogen and oxygen atoms in total. The number of hydrogen-bond acceptors (Lipinski definition) is 4. The van der Waals surface area contributed by atoms with E-state index in [1.165, 1.54) is 0 Å². The van der Waals surface area contributed by atoms with Crippen LogP contribution in [0.2, 0.25) is 6.04 Å². The van der Waals surface area contributed by atoms with E-state index >= 15 is 0 Å². The average molecular weight is 277 g/mol. The summed E-state index contributed by atoms with van der Waals surface area (Å²) in [6, 6.07) is 0.885. The first kappa shape index (κ1) is 20.1. The summed E-state index contributed by atoms with van der Waals surface area (Å²) in [5, 5.41) is 7.40. The van der Waals surface area contributed by atoms with Crippen LogP contribution in [0.1, 0.15) is 41.0 Å². The minimum atomic E-state index is -2.22. The SMILES string of the molecule is CC(C)C(=N)C(C)C.CCC[Si](OC)(OC)OC. The van der Waals surface area contributed by atoms with Crippen molar-refractivity contribution in [2.24, 2.45) is 11.8 Å². The molecule has 0 spiro atoms. The topological polar surface area (TPSA) is 51.5 Å². The first-order valence-corrected chi connectivity index (χ1v) is 8.47. The van der Waals surface area contributed by atoms with Gasteiger partial charge in [0.2, 0.25) is 0 Å². The Balaban J connectivity index is 0. The Morgan fingerprint density at radius 3 is 1.33 bits per heavy atom. The van der Waals surface area contributed by atoms with Crippen molar-refractivity contribution < 1.29 is 13.3 Å².